The molecule has 0 bridgehead atoms. The molecule has 1 N–H and O–H groups in total. The summed E-state index contributed by atoms with van der Waals surface area (Å²) in [6.07, 6.45) is 3.96. The Morgan fingerprint density at radius 3 is 2.48 bits per heavy atom. The maximum atomic E-state index is 13.8. The van der Waals surface area contributed by atoms with E-state index in [1.165, 1.54) is 7.11 Å². The van der Waals surface area contributed by atoms with Crippen molar-refractivity contribution in [2.75, 3.05) is 7.11 Å². The fourth-order valence-electron chi connectivity index (χ4n) is 5.12. The Labute approximate surface area is 191 Å². The molecule has 1 aliphatic carbocycles. The Morgan fingerprint density at radius 1 is 1.10 bits per heavy atom. The molecule has 1 saturated carbocycles. The predicted octanol–water partition coefficient (Wildman–Crippen LogP) is 5.95. The van der Waals surface area contributed by atoms with E-state index in [4.69, 9.17) is 27.9 Å². The van der Waals surface area contributed by atoms with Crippen molar-refractivity contribution < 1.29 is 19.4 Å². The van der Waals surface area contributed by atoms with Crippen molar-refractivity contribution in [2.24, 2.45) is 5.92 Å². The zero-order valence-corrected chi connectivity index (χ0v) is 19.0. The van der Waals surface area contributed by atoms with Crippen molar-refractivity contribution in [3.05, 3.63) is 63.1 Å². The molecule has 0 aromatic heterocycles. The highest BCUT2D eigenvalue weighted by Gasteiger charge is 2.48. The van der Waals surface area contributed by atoms with E-state index in [0.29, 0.717) is 32.5 Å². The number of methoxy groups -OCH3 is 1. The van der Waals surface area contributed by atoms with Crippen LogP contribution >= 0.6 is 23.2 Å². The van der Waals surface area contributed by atoms with Crippen LogP contribution < -0.4 is 4.74 Å². The van der Waals surface area contributed by atoms with Gasteiger partial charge in [-0.25, -0.2) is 0 Å². The molecule has 7 heteroatoms. The molecule has 164 valence electrons. The van der Waals surface area contributed by atoms with Gasteiger partial charge in [-0.15, -0.1) is 0 Å². The van der Waals surface area contributed by atoms with Gasteiger partial charge in [-0.05, 0) is 60.2 Å². The van der Waals surface area contributed by atoms with Crippen LogP contribution in [0.15, 0.2) is 36.4 Å². The molecular weight excluding hydrogens is 437 g/mol. The number of aliphatic carboxylic acids is 1. The fraction of sp³-hybridized carbons (Fsp3) is 0.417. The van der Waals surface area contributed by atoms with E-state index < -0.39 is 17.9 Å². The fourth-order valence-corrected chi connectivity index (χ4v) is 5.64. The average molecular weight is 462 g/mol. The Balaban J connectivity index is 1.96. The molecule has 0 spiro atoms. The molecule has 31 heavy (non-hydrogen) atoms. The first-order chi connectivity index (χ1) is 14.8. The number of rotatable bonds is 4. The van der Waals surface area contributed by atoms with E-state index in [9.17, 15) is 14.7 Å². The van der Waals surface area contributed by atoms with Crippen molar-refractivity contribution in [3.8, 4) is 5.75 Å². The third-order valence-corrected chi connectivity index (χ3v) is 7.21. The first-order valence-corrected chi connectivity index (χ1v) is 11.3. The van der Waals surface area contributed by atoms with Crippen LogP contribution in [0.1, 0.15) is 66.1 Å². The zero-order valence-electron chi connectivity index (χ0n) is 17.5. The van der Waals surface area contributed by atoms with Crippen LogP contribution in [0.3, 0.4) is 0 Å². The van der Waals surface area contributed by atoms with Gasteiger partial charge in [0.15, 0.2) is 0 Å². The number of carboxylic acids is 1. The van der Waals surface area contributed by atoms with Crippen LogP contribution in [0.4, 0.5) is 0 Å². The summed E-state index contributed by atoms with van der Waals surface area (Å²) in [5, 5.41) is 11.2. The number of ether oxygens (including phenoxy) is 1. The molecule has 4 rings (SSSR count). The van der Waals surface area contributed by atoms with Gasteiger partial charge in [-0.2, -0.15) is 0 Å². The van der Waals surface area contributed by atoms with E-state index >= 15 is 0 Å². The minimum absolute atomic E-state index is 0.0601. The summed E-state index contributed by atoms with van der Waals surface area (Å²) in [4.78, 5) is 28.2. The van der Waals surface area contributed by atoms with Crippen LogP contribution in [0.25, 0.3) is 0 Å². The quantitative estimate of drug-likeness (QED) is 0.610. The molecule has 0 radical (unpaired) electrons. The number of hydrogen-bond acceptors (Lipinski definition) is 3. The molecule has 2 aliphatic rings. The number of amides is 1. The minimum Gasteiger partial charge on any atom is -0.497 e. The second-order valence-corrected chi connectivity index (χ2v) is 9.26. The highest BCUT2D eigenvalue weighted by molar-refractivity contribution is 6.35. The smallest absolute Gasteiger partial charge is 0.313 e. The minimum atomic E-state index is -1.01. The number of carboxylic acid groups (broad SMARTS) is 1. The van der Waals surface area contributed by atoms with E-state index in [-0.39, 0.29) is 17.9 Å². The molecule has 2 aromatic rings. The number of hydrogen-bond donors (Lipinski definition) is 1. The van der Waals surface area contributed by atoms with Crippen molar-refractivity contribution in [1.82, 2.24) is 4.90 Å². The summed E-state index contributed by atoms with van der Waals surface area (Å²) in [6, 6.07) is 9.27. The molecule has 1 heterocycles. The Bertz CT molecular complexity index is 1020. The standard InChI is InChI=1S/C24H25Cl2NO4/c1-13-5-3-4-6-20(13)27-22(17-9-7-14(25)11-19(17)26)21(24(29)30)18-12-15(31-2)8-10-16(18)23(27)28/h7-13,20-22H,3-6H2,1-2H3,(H,29,30)/t13-,20-,21+,22-/m0/s1. The number of carbonyl (C=O) groups is 2. The van der Waals surface area contributed by atoms with Crippen LogP contribution in [-0.2, 0) is 4.79 Å². The van der Waals surface area contributed by atoms with Gasteiger partial charge in [-0.1, -0.05) is 49.0 Å². The van der Waals surface area contributed by atoms with Gasteiger partial charge in [-0.3, -0.25) is 9.59 Å². The van der Waals surface area contributed by atoms with Crippen LogP contribution in [0, 0.1) is 5.92 Å². The summed E-state index contributed by atoms with van der Waals surface area (Å²) >= 11 is 12.7. The maximum absolute atomic E-state index is 13.8. The van der Waals surface area contributed by atoms with Gasteiger partial charge in [0.05, 0.1) is 13.2 Å². The van der Waals surface area contributed by atoms with Crippen LogP contribution in [0.2, 0.25) is 10.0 Å². The first kappa shape index (κ1) is 22.0. The van der Waals surface area contributed by atoms with Gasteiger partial charge in [0, 0.05) is 21.7 Å². The number of carbonyl (C=O) groups excluding carboxylic acids is 1. The monoisotopic (exact) mass is 461 g/mol. The van der Waals surface area contributed by atoms with Crippen molar-refractivity contribution in [3.63, 3.8) is 0 Å². The number of benzene rings is 2. The van der Waals surface area contributed by atoms with Crippen LogP contribution in [-0.4, -0.2) is 35.0 Å². The van der Waals surface area contributed by atoms with E-state index in [1.54, 1.807) is 41.3 Å². The molecule has 2 aromatic carbocycles. The topological polar surface area (TPSA) is 66.8 Å². The molecule has 1 fully saturated rings. The zero-order chi connectivity index (χ0) is 22.3. The Hall–Kier alpha value is -2.24. The summed E-state index contributed by atoms with van der Waals surface area (Å²) in [5.41, 5.74) is 1.46. The highest BCUT2D eigenvalue weighted by Crippen LogP contribution is 2.49. The third kappa shape index (κ3) is 3.90. The Morgan fingerprint density at radius 2 is 1.84 bits per heavy atom. The average Bonchev–Trinajstić information content (AvgIpc) is 2.74. The van der Waals surface area contributed by atoms with Crippen molar-refractivity contribution >= 4 is 35.1 Å². The van der Waals surface area contributed by atoms with E-state index in [1.807, 2.05) is 0 Å². The van der Waals surface area contributed by atoms with E-state index in [0.717, 1.165) is 25.7 Å². The van der Waals surface area contributed by atoms with Gasteiger partial charge in [0.25, 0.3) is 5.91 Å². The molecule has 5 nitrogen and oxygen atoms in total. The van der Waals surface area contributed by atoms with E-state index in [2.05, 4.69) is 6.92 Å². The number of nitrogens with zero attached hydrogens (tertiary/aromatic N) is 1. The molecule has 0 unspecified atom stereocenters. The summed E-state index contributed by atoms with van der Waals surface area (Å²) < 4.78 is 5.32. The third-order valence-electron chi connectivity index (χ3n) is 6.64. The first-order valence-electron chi connectivity index (χ1n) is 10.5. The second-order valence-electron chi connectivity index (χ2n) is 8.42. The van der Waals surface area contributed by atoms with Gasteiger partial charge < -0.3 is 14.7 Å². The molecule has 1 aliphatic heterocycles. The lowest BCUT2D eigenvalue weighted by Crippen LogP contribution is -2.52. The second kappa shape index (κ2) is 8.71. The lowest BCUT2D eigenvalue weighted by Gasteiger charge is -2.48. The van der Waals surface area contributed by atoms with Gasteiger partial charge >= 0.3 is 5.97 Å². The predicted molar refractivity (Wildman–Crippen MR) is 120 cm³/mol. The lowest BCUT2D eigenvalue weighted by molar-refractivity contribution is -0.141. The Kier molecular flexibility index (Phi) is 6.18. The van der Waals surface area contributed by atoms with Crippen molar-refractivity contribution in [2.45, 2.75) is 50.6 Å². The molecule has 0 saturated heterocycles. The normalized spacial score (nSPS) is 25.8. The van der Waals surface area contributed by atoms with Gasteiger partial charge in [0.1, 0.15) is 11.7 Å². The maximum Gasteiger partial charge on any atom is 0.313 e. The lowest BCUT2D eigenvalue weighted by atomic mass is 9.75. The summed E-state index contributed by atoms with van der Waals surface area (Å²) in [5.74, 6) is -1.37. The molecule has 1 amide bonds. The largest absolute Gasteiger partial charge is 0.497 e. The van der Waals surface area contributed by atoms with Crippen LogP contribution in [0.5, 0.6) is 5.75 Å². The van der Waals surface area contributed by atoms with Crippen molar-refractivity contribution in [1.29, 1.82) is 0 Å². The molecular formula is C24H25Cl2NO4. The summed E-state index contributed by atoms with van der Waals surface area (Å²) in [6.45, 7) is 2.14. The van der Waals surface area contributed by atoms with Gasteiger partial charge in [0.2, 0.25) is 0 Å². The number of halogens is 2. The number of fused-ring (bicyclic) bond motifs is 1. The molecule has 4 atom stereocenters. The SMILES string of the molecule is COc1ccc2c(c1)[C@@H](C(=O)O)[C@H](c1ccc(Cl)cc1Cl)N([C@H]1CCCC[C@@H]1C)C2=O. The summed E-state index contributed by atoms with van der Waals surface area (Å²) in [7, 11) is 1.52. The highest BCUT2D eigenvalue weighted by atomic mass is 35.5.